The molecule has 0 unspecified atom stereocenters. The highest BCUT2D eigenvalue weighted by atomic mass is 16.5. The molecule has 0 aliphatic carbocycles. The van der Waals surface area contributed by atoms with Gasteiger partial charge in [0.2, 0.25) is 5.88 Å². The second kappa shape index (κ2) is 3.92. The molecule has 0 spiro atoms. The first-order chi connectivity index (χ1) is 8.70. The third-order valence-electron chi connectivity index (χ3n) is 2.39. The number of ether oxygens (including phenoxy) is 1. The molecular weight excluding hydrogens is 230 g/mol. The lowest BCUT2D eigenvalue weighted by molar-refractivity contribution is 0.453. The van der Waals surface area contributed by atoms with Gasteiger partial charge in [-0.15, -0.1) is 5.10 Å². The van der Waals surface area contributed by atoms with Crippen molar-refractivity contribution in [2.24, 2.45) is 0 Å². The number of fused-ring (bicyclic) bond motifs is 1. The summed E-state index contributed by atoms with van der Waals surface area (Å²) in [4.78, 5) is 4.08. The van der Waals surface area contributed by atoms with Crippen molar-refractivity contribution in [2.45, 2.75) is 0 Å². The second-order valence-corrected chi connectivity index (χ2v) is 3.81. The van der Waals surface area contributed by atoms with Gasteiger partial charge in [-0.1, -0.05) is 6.07 Å². The molecule has 0 radical (unpaired) electrons. The molecule has 0 aliphatic rings. The second-order valence-electron chi connectivity index (χ2n) is 3.81. The molecule has 3 aromatic rings. The maximum atomic E-state index is 5.67. The number of imidazole rings is 1. The fraction of sp³-hybridized carbons (Fsp3) is 0. The van der Waals surface area contributed by atoms with Gasteiger partial charge in [-0.2, -0.15) is 0 Å². The van der Waals surface area contributed by atoms with Gasteiger partial charge < -0.3 is 16.2 Å². The van der Waals surface area contributed by atoms with Gasteiger partial charge in [0, 0.05) is 17.8 Å². The Morgan fingerprint density at radius 1 is 1.11 bits per heavy atom. The molecule has 0 saturated heterocycles. The molecule has 0 saturated carbocycles. The minimum Gasteiger partial charge on any atom is -0.438 e. The van der Waals surface area contributed by atoms with E-state index in [1.54, 1.807) is 35.0 Å². The standard InChI is InChI=1S/C12H11N5O/c13-8-2-1-3-9(6-8)18-12-5-4-11-15-10(14)7-17(11)16-12/h1-7H,13-14H2. The highest BCUT2D eigenvalue weighted by Gasteiger charge is 2.03. The minimum absolute atomic E-state index is 0.420. The third kappa shape index (κ3) is 1.91. The van der Waals surface area contributed by atoms with Crippen molar-refractivity contribution in [3.8, 4) is 11.6 Å². The number of anilines is 2. The van der Waals surface area contributed by atoms with Gasteiger partial charge in [0.25, 0.3) is 0 Å². The van der Waals surface area contributed by atoms with E-state index in [-0.39, 0.29) is 0 Å². The summed E-state index contributed by atoms with van der Waals surface area (Å²) in [5.74, 6) is 1.50. The van der Waals surface area contributed by atoms with Crippen molar-refractivity contribution in [2.75, 3.05) is 11.5 Å². The highest BCUT2D eigenvalue weighted by molar-refractivity contribution is 5.47. The topological polar surface area (TPSA) is 91.5 Å². The summed E-state index contributed by atoms with van der Waals surface area (Å²) in [5.41, 5.74) is 12.6. The van der Waals surface area contributed by atoms with E-state index in [1.807, 2.05) is 12.1 Å². The number of nitrogens with zero attached hydrogens (tertiary/aromatic N) is 3. The Balaban J connectivity index is 1.94. The Labute approximate surface area is 103 Å². The Morgan fingerprint density at radius 3 is 2.83 bits per heavy atom. The van der Waals surface area contributed by atoms with Crippen molar-refractivity contribution in [3.05, 3.63) is 42.6 Å². The van der Waals surface area contributed by atoms with Crippen LogP contribution in [0, 0.1) is 0 Å². The zero-order chi connectivity index (χ0) is 12.5. The van der Waals surface area contributed by atoms with Crippen LogP contribution in [0.25, 0.3) is 5.65 Å². The number of nitrogen functional groups attached to an aromatic ring is 2. The highest BCUT2D eigenvalue weighted by Crippen LogP contribution is 2.21. The van der Waals surface area contributed by atoms with E-state index in [1.165, 1.54) is 0 Å². The summed E-state index contributed by atoms with van der Waals surface area (Å²) >= 11 is 0. The maximum Gasteiger partial charge on any atom is 0.237 e. The number of hydrogen-bond acceptors (Lipinski definition) is 5. The van der Waals surface area contributed by atoms with E-state index < -0.39 is 0 Å². The van der Waals surface area contributed by atoms with Crippen LogP contribution in [-0.4, -0.2) is 14.6 Å². The molecule has 18 heavy (non-hydrogen) atoms. The zero-order valence-electron chi connectivity index (χ0n) is 9.45. The van der Waals surface area contributed by atoms with Crippen LogP contribution < -0.4 is 16.2 Å². The maximum absolute atomic E-state index is 5.67. The molecule has 0 amide bonds. The predicted octanol–water partition coefficient (Wildman–Crippen LogP) is 1.69. The van der Waals surface area contributed by atoms with Crippen molar-refractivity contribution >= 4 is 17.2 Å². The molecule has 2 heterocycles. The first-order valence-electron chi connectivity index (χ1n) is 5.36. The van der Waals surface area contributed by atoms with Gasteiger partial charge in [-0.25, -0.2) is 9.50 Å². The molecule has 0 aliphatic heterocycles. The molecule has 6 heteroatoms. The number of aromatic nitrogens is 3. The average Bonchev–Trinajstić information content (AvgIpc) is 2.68. The van der Waals surface area contributed by atoms with Crippen LogP contribution >= 0.6 is 0 Å². The van der Waals surface area contributed by atoms with E-state index in [4.69, 9.17) is 16.2 Å². The Bertz CT molecular complexity index is 707. The van der Waals surface area contributed by atoms with Gasteiger partial charge in [0.15, 0.2) is 5.65 Å². The summed E-state index contributed by atoms with van der Waals surface area (Å²) in [6.07, 6.45) is 1.63. The van der Waals surface area contributed by atoms with Crippen LogP contribution in [0.4, 0.5) is 11.5 Å². The van der Waals surface area contributed by atoms with Gasteiger partial charge >= 0.3 is 0 Å². The third-order valence-corrected chi connectivity index (χ3v) is 2.39. The van der Waals surface area contributed by atoms with Gasteiger partial charge in [-0.05, 0) is 18.2 Å². The van der Waals surface area contributed by atoms with Crippen LogP contribution in [-0.2, 0) is 0 Å². The lowest BCUT2D eigenvalue weighted by atomic mass is 10.3. The van der Waals surface area contributed by atoms with Crippen molar-refractivity contribution in [1.82, 2.24) is 14.6 Å². The number of hydrogen-bond donors (Lipinski definition) is 2. The minimum atomic E-state index is 0.420. The largest absolute Gasteiger partial charge is 0.438 e. The van der Waals surface area contributed by atoms with Crippen molar-refractivity contribution in [1.29, 1.82) is 0 Å². The van der Waals surface area contributed by atoms with Crippen molar-refractivity contribution < 1.29 is 4.74 Å². The summed E-state index contributed by atoms with van der Waals surface area (Å²) in [5, 5.41) is 4.23. The van der Waals surface area contributed by atoms with Gasteiger partial charge in [0.1, 0.15) is 11.6 Å². The van der Waals surface area contributed by atoms with Crippen LogP contribution in [0.15, 0.2) is 42.6 Å². The molecule has 4 N–H and O–H groups in total. The van der Waals surface area contributed by atoms with Crippen LogP contribution in [0.2, 0.25) is 0 Å². The Kier molecular flexibility index (Phi) is 2.26. The Hall–Kier alpha value is -2.76. The molecule has 1 aromatic carbocycles. The predicted molar refractivity (Wildman–Crippen MR) is 68.3 cm³/mol. The van der Waals surface area contributed by atoms with E-state index in [2.05, 4.69) is 10.1 Å². The zero-order valence-corrected chi connectivity index (χ0v) is 9.45. The van der Waals surface area contributed by atoms with Crippen LogP contribution in [0.3, 0.4) is 0 Å². The Morgan fingerprint density at radius 2 is 2.00 bits per heavy atom. The number of nitrogens with two attached hydrogens (primary N) is 2. The normalized spacial score (nSPS) is 10.7. The monoisotopic (exact) mass is 241 g/mol. The smallest absolute Gasteiger partial charge is 0.237 e. The first kappa shape index (κ1) is 10.4. The van der Waals surface area contributed by atoms with Gasteiger partial charge in [0.05, 0.1) is 6.20 Å². The molecule has 6 nitrogen and oxygen atoms in total. The van der Waals surface area contributed by atoms with E-state index in [0.29, 0.717) is 28.8 Å². The van der Waals surface area contributed by atoms with E-state index in [0.717, 1.165) is 0 Å². The SMILES string of the molecule is Nc1cccc(Oc2ccc3nc(N)cn3n2)c1. The summed E-state index contributed by atoms with van der Waals surface area (Å²) in [6.45, 7) is 0. The molecule has 0 fully saturated rings. The summed E-state index contributed by atoms with van der Waals surface area (Å²) in [6, 6.07) is 10.7. The molecule has 3 rings (SSSR count). The lowest BCUT2D eigenvalue weighted by Gasteiger charge is -2.05. The van der Waals surface area contributed by atoms with Gasteiger partial charge in [-0.3, -0.25) is 0 Å². The lowest BCUT2D eigenvalue weighted by Crippen LogP contribution is -1.95. The molecule has 90 valence electrons. The molecule has 2 aromatic heterocycles. The van der Waals surface area contributed by atoms with E-state index in [9.17, 15) is 0 Å². The van der Waals surface area contributed by atoms with Crippen molar-refractivity contribution in [3.63, 3.8) is 0 Å². The number of rotatable bonds is 2. The molecular formula is C12H11N5O. The van der Waals surface area contributed by atoms with Crippen LogP contribution in [0.5, 0.6) is 11.6 Å². The molecule has 0 bridgehead atoms. The summed E-state index contributed by atoms with van der Waals surface area (Å²) < 4.78 is 7.16. The summed E-state index contributed by atoms with van der Waals surface area (Å²) in [7, 11) is 0. The fourth-order valence-corrected chi connectivity index (χ4v) is 1.64. The van der Waals surface area contributed by atoms with E-state index >= 15 is 0 Å². The number of benzene rings is 1. The fourth-order valence-electron chi connectivity index (χ4n) is 1.64. The quantitative estimate of drug-likeness (QED) is 0.666. The average molecular weight is 241 g/mol. The van der Waals surface area contributed by atoms with Crippen LogP contribution in [0.1, 0.15) is 0 Å². The first-order valence-corrected chi connectivity index (χ1v) is 5.36. The molecule has 0 atom stereocenters.